The molecule has 0 fully saturated rings. The van der Waals surface area contributed by atoms with Crippen LogP contribution in [0.1, 0.15) is 271 Å². The minimum absolute atomic E-state index is 0.0406. The van der Waals surface area contributed by atoms with Crippen molar-refractivity contribution in [3.8, 4) is 0 Å². The summed E-state index contributed by atoms with van der Waals surface area (Å²) < 4.78 is 30.6. The number of phosphoric acid groups is 1. The van der Waals surface area contributed by atoms with Gasteiger partial charge in [-0.2, -0.15) is 0 Å². The summed E-state index contributed by atoms with van der Waals surface area (Å²) in [4.78, 5) is 37.5. The number of hydrogen-bond acceptors (Lipinski definition) is 6. The van der Waals surface area contributed by atoms with Crippen LogP contribution in [0.4, 0.5) is 0 Å². The molecule has 0 heterocycles. The highest BCUT2D eigenvalue weighted by atomic mass is 31.2. The van der Waals surface area contributed by atoms with Crippen molar-refractivity contribution < 1.29 is 37.3 Å². The van der Waals surface area contributed by atoms with Crippen molar-refractivity contribution in [3.05, 3.63) is 24.3 Å². The monoisotopic (exact) mass is 954 g/mol. The van der Waals surface area contributed by atoms with E-state index < -0.39 is 20.0 Å². The van der Waals surface area contributed by atoms with Gasteiger partial charge in [0, 0.05) is 12.8 Å². The quantitative estimate of drug-likeness (QED) is 0.0205. The minimum Gasteiger partial charge on any atom is -0.456 e. The van der Waals surface area contributed by atoms with E-state index >= 15 is 0 Å². The van der Waals surface area contributed by atoms with E-state index in [2.05, 4.69) is 38.2 Å². The van der Waals surface area contributed by atoms with Gasteiger partial charge in [-0.25, -0.2) is 4.57 Å². The first-order chi connectivity index (χ1) is 31.9. The van der Waals surface area contributed by atoms with Gasteiger partial charge in [0.25, 0.3) is 0 Å². The van der Waals surface area contributed by atoms with E-state index in [1.54, 1.807) is 0 Å². The maximum absolute atomic E-state index is 13.4. The number of esters is 1. The van der Waals surface area contributed by atoms with Crippen molar-refractivity contribution in [2.24, 2.45) is 0 Å². The number of amides is 1. The molecule has 0 aromatic heterocycles. The molecule has 0 rings (SSSR count). The second kappa shape index (κ2) is 47.2. The van der Waals surface area contributed by atoms with E-state index in [4.69, 9.17) is 13.8 Å². The van der Waals surface area contributed by atoms with Crippen LogP contribution in [0.2, 0.25) is 0 Å². The van der Waals surface area contributed by atoms with Gasteiger partial charge in [-0.1, -0.05) is 225 Å². The van der Waals surface area contributed by atoms with Crippen LogP contribution in [0.25, 0.3) is 0 Å². The summed E-state index contributed by atoms with van der Waals surface area (Å²) in [5.41, 5.74) is 0. The fourth-order valence-corrected chi connectivity index (χ4v) is 8.96. The Morgan fingerprint density at radius 1 is 0.515 bits per heavy atom. The van der Waals surface area contributed by atoms with Gasteiger partial charge >= 0.3 is 13.8 Å². The molecule has 0 aromatic carbocycles. The molecule has 0 spiro atoms. The molecule has 0 saturated heterocycles. The molecule has 3 atom stereocenters. The molecule has 9 nitrogen and oxygen atoms in total. The number of likely N-dealkylation sites (N-methyl/N-ethyl adjacent to an activating group) is 1. The number of hydrogen-bond donors (Lipinski definition) is 2. The molecule has 390 valence electrons. The Bertz CT molecular complexity index is 1190. The SMILES string of the molecule is CCCCCCCCC/C=C\CCCCCC(=O)NC(COP(=O)(O)OCC[N+](C)(C)C)C(/C=C/CCCCCCCCCCC)OC(=O)CCCCCCCCCCCCCCCCC. The average molecular weight is 954 g/mol. The van der Waals surface area contributed by atoms with Gasteiger partial charge in [-0.3, -0.25) is 18.6 Å². The predicted octanol–water partition coefficient (Wildman–Crippen LogP) is 16.6. The largest absolute Gasteiger partial charge is 0.472 e. The Kier molecular flexibility index (Phi) is 46.1. The maximum atomic E-state index is 13.4. The number of allylic oxidation sites excluding steroid dienone is 3. The summed E-state index contributed by atoms with van der Waals surface area (Å²) in [5.74, 6) is -0.513. The molecule has 0 aliphatic heterocycles. The molecular weight excluding hydrogens is 844 g/mol. The van der Waals surface area contributed by atoms with Crippen LogP contribution in [0.5, 0.6) is 0 Å². The van der Waals surface area contributed by atoms with E-state index in [9.17, 15) is 19.0 Å². The number of carbonyl (C=O) groups is 2. The summed E-state index contributed by atoms with van der Waals surface area (Å²) in [6, 6.07) is -0.848. The van der Waals surface area contributed by atoms with Crippen LogP contribution in [-0.2, 0) is 27.9 Å². The second-order valence-corrected chi connectivity index (χ2v) is 21.9. The molecule has 0 aliphatic rings. The lowest BCUT2D eigenvalue weighted by atomic mass is 10.0. The molecule has 1 amide bonds. The number of phosphoric ester groups is 1. The van der Waals surface area contributed by atoms with Crippen LogP contribution in [0.3, 0.4) is 0 Å². The number of carbonyl (C=O) groups excluding carboxylic acids is 2. The third kappa shape index (κ3) is 47.6. The average Bonchev–Trinajstić information content (AvgIpc) is 3.27. The topological polar surface area (TPSA) is 111 Å². The highest BCUT2D eigenvalue weighted by Gasteiger charge is 2.30. The van der Waals surface area contributed by atoms with Gasteiger partial charge in [-0.05, 0) is 57.4 Å². The molecule has 0 aromatic rings. The Morgan fingerprint density at radius 2 is 0.879 bits per heavy atom. The van der Waals surface area contributed by atoms with Crippen LogP contribution < -0.4 is 5.32 Å². The van der Waals surface area contributed by atoms with Crippen molar-refractivity contribution in [3.63, 3.8) is 0 Å². The molecule has 0 bridgehead atoms. The highest BCUT2D eigenvalue weighted by Crippen LogP contribution is 2.43. The third-order valence-electron chi connectivity index (χ3n) is 12.6. The molecule has 3 unspecified atom stereocenters. The Labute approximate surface area is 409 Å². The van der Waals surface area contributed by atoms with Crippen molar-refractivity contribution in [1.82, 2.24) is 5.32 Å². The molecule has 2 N–H and O–H groups in total. The summed E-state index contributed by atoms with van der Waals surface area (Å²) in [7, 11) is 1.50. The molecule has 0 radical (unpaired) electrons. The number of unbranched alkanes of at least 4 members (excludes halogenated alkanes) is 33. The predicted molar refractivity (Wildman–Crippen MR) is 282 cm³/mol. The van der Waals surface area contributed by atoms with Crippen molar-refractivity contribution in [1.29, 1.82) is 0 Å². The zero-order valence-electron chi connectivity index (χ0n) is 44.5. The van der Waals surface area contributed by atoms with Crippen molar-refractivity contribution >= 4 is 19.7 Å². The maximum Gasteiger partial charge on any atom is 0.472 e. The van der Waals surface area contributed by atoms with Gasteiger partial charge < -0.3 is 19.4 Å². The standard InChI is InChI=1S/C56H109N2O7P/c1-7-10-13-16-19-22-25-27-29-31-34-37-40-43-46-49-56(60)65-54(47-44-41-38-35-32-24-21-18-15-12-9-3)53(52-64-66(61,62)63-51-50-58(4,5)6)57-55(59)48-45-42-39-36-33-30-28-26-23-20-17-14-11-8-2/h30,33,44,47,53-54H,7-29,31-32,34-43,45-46,48-52H2,1-6H3,(H-,57,59,61,62)/p+1/b33-30-,47-44+. The Morgan fingerprint density at radius 3 is 1.30 bits per heavy atom. The van der Waals surface area contributed by atoms with Crippen LogP contribution in [-0.4, -0.2) is 74.3 Å². The fraction of sp³-hybridized carbons (Fsp3) is 0.893. The summed E-state index contributed by atoms with van der Waals surface area (Å²) >= 11 is 0. The molecule has 0 saturated carbocycles. The number of rotatable bonds is 51. The molecule has 10 heteroatoms. The van der Waals surface area contributed by atoms with E-state index in [0.717, 1.165) is 70.6 Å². The zero-order chi connectivity index (χ0) is 48.7. The van der Waals surface area contributed by atoms with Crippen LogP contribution >= 0.6 is 7.82 Å². The first kappa shape index (κ1) is 64.5. The van der Waals surface area contributed by atoms with Gasteiger partial charge in [-0.15, -0.1) is 0 Å². The smallest absolute Gasteiger partial charge is 0.456 e. The molecule has 0 aliphatic carbocycles. The number of nitrogens with zero attached hydrogens (tertiary/aromatic N) is 1. The van der Waals surface area contributed by atoms with Gasteiger partial charge in [0.2, 0.25) is 5.91 Å². The first-order valence-electron chi connectivity index (χ1n) is 28.2. The number of nitrogens with one attached hydrogen (secondary N) is 1. The minimum atomic E-state index is -4.44. The zero-order valence-corrected chi connectivity index (χ0v) is 45.3. The molecule has 66 heavy (non-hydrogen) atoms. The Hall–Kier alpha value is -1.51. The summed E-state index contributed by atoms with van der Waals surface area (Å²) in [6.07, 6.45) is 53.1. The van der Waals surface area contributed by atoms with Crippen molar-refractivity contribution in [2.45, 2.75) is 283 Å². The summed E-state index contributed by atoms with van der Waals surface area (Å²) in [5, 5.41) is 3.04. The van der Waals surface area contributed by atoms with Crippen molar-refractivity contribution in [2.75, 3.05) is 40.9 Å². The fourth-order valence-electron chi connectivity index (χ4n) is 8.23. The van der Waals surface area contributed by atoms with Gasteiger partial charge in [0.1, 0.15) is 19.3 Å². The lowest BCUT2D eigenvalue weighted by molar-refractivity contribution is -0.870. The Balaban J connectivity index is 5.34. The lowest BCUT2D eigenvalue weighted by Crippen LogP contribution is -2.47. The van der Waals surface area contributed by atoms with Gasteiger partial charge in [0.05, 0.1) is 33.8 Å². The summed E-state index contributed by atoms with van der Waals surface area (Å²) in [6.45, 7) is 7.01. The first-order valence-corrected chi connectivity index (χ1v) is 29.7. The van der Waals surface area contributed by atoms with E-state index in [-0.39, 0.29) is 25.1 Å². The highest BCUT2D eigenvalue weighted by molar-refractivity contribution is 7.47. The molecular formula is C56H110N2O7P+. The van der Waals surface area contributed by atoms with Gasteiger partial charge in [0.15, 0.2) is 0 Å². The third-order valence-corrected chi connectivity index (χ3v) is 13.6. The number of quaternary nitrogens is 1. The second-order valence-electron chi connectivity index (χ2n) is 20.5. The van der Waals surface area contributed by atoms with E-state index in [0.29, 0.717) is 23.9 Å². The van der Waals surface area contributed by atoms with E-state index in [1.165, 1.54) is 167 Å². The number of ether oxygens (including phenoxy) is 1. The van der Waals surface area contributed by atoms with Crippen LogP contribution in [0.15, 0.2) is 24.3 Å². The lowest BCUT2D eigenvalue weighted by Gasteiger charge is -2.27. The normalized spacial score (nSPS) is 14.0. The van der Waals surface area contributed by atoms with E-state index in [1.807, 2.05) is 33.3 Å². The van der Waals surface area contributed by atoms with Crippen LogP contribution in [0, 0.1) is 0 Å².